The number of amides is 1. The highest BCUT2D eigenvalue weighted by Crippen LogP contribution is 2.10. The molecule has 1 aromatic carbocycles. The van der Waals surface area contributed by atoms with Crippen LogP contribution in [0.4, 0.5) is 4.79 Å². The molecular formula is C22H29N3O6. The van der Waals surface area contributed by atoms with Gasteiger partial charge in [0, 0.05) is 18.3 Å². The highest BCUT2D eigenvalue weighted by Gasteiger charge is 2.25. The van der Waals surface area contributed by atoms with Crippen molar-refractivity contribution in [2.75, 3.05) is 0 Å². The number of aromatic amines is 1. The van der Waals surface area contributed by atoms with Crippen molar-refractivity contribution in [3.63, 3.8) is 0 Å². The summed E-state index contributed by atoms with van der Waals surface area (Å²) in [6.07, 6.45) is 1.33. The van der Waals surface area contributed by atoms with E-state index in [1.54, 1.807) is 27.7 Å². The minimum atomic E-state index is -0.946. The van der Waals surface area contributed by atoms with Gasteiger partial charge in [-0.25, -0.2) is 14.4 Å². The van der Waals surface area contributed by atoms with Crippen LogP contribution < -0.4 is 16.6 Å². The molecule has 1 aromatic heterocycles. The van der Waals surface area contributed by atoms with Gasteiger partial charge in [0.2, 0.25) is 0 Å². The van der Waals surface area contributed by atoms with Crippen LogP contribution >= 0.6 is 0 Å². The SMILES string of the molecule is Cc1cn(CCC[C@@H](NC(=O)OC(C)(C)C)C(=O)OCc2ccccc2)c(=O)[nH]c1=O. The Bertz CT molecular complexity index is 1000. The summed E-state index contributed by atoms with van der Waals surface area (Å²) in [6, 6.07) is 8.24. The van der Waals surface area contributed by atoms with Crippen LogP contribution in [0.5, 0.6) is 0 Å². The summed E-state index contributed by atoms with van der Waals surface area (Å²) in [7, 11) is 0. The number of aryl methyl sites for hydroxylation is 2. The van der Waals surface area contributed by atoms with E-state index in [-0.39, 0.29) is 19.6 Å². The normalized spacial score (nSPS) is 12.1. The fourth-order valence-corrected chi connectivity index (χ4v) is 2.78. The first kappa shape index (κ1) is 23.9. The van der Waals surface area contributed by atoms with E-state index < -0.39 is 35.0 Å². The van der Waals surface area contributed by atoms with Gasteiger partial charge in [-0.2, -0.15) is 0 Å². The molecule has 168 valence electrons. The van der Waals surface area contributed by atoms with E-state index in [9.17, 15) is 19.2 Å². The zero-order chi connectivity index (χ0) is 23.0. The number of aromatic nitrogens is 2. The molecule has 0 aliphatic heterocycles. The molecule has 1 heterocycles. The number of benzene rings is 1. The molecule has 0 bridgehead atoms. The van der Waals surface area contributed by atoms with Crippen LogP contribution in [-0.4, -0.2) is 33.3 Å². The van der Waals surface area contributed by atoms with Gasteiger partial charge >= 0.3 is 17.8 Å². The van der Waals surface area contributed by atoms with E-state index in [2.05, 4.69) is 10.3 Å². The highest BCUT2D eigenvalue weighted by atomic mass is 16.6. The average Bonchev–Trinajstić information content (AvgIpc) is 2.68. The quantitative estimate of drug-likeness (QED) is 0.619. The number of nitrogens with one attached hydrogen (secondary N) is 2. The highest BCUT2D eigenvalue weighted by molar-refractivity contribution is 5.81. The van der Waals surface area contributed by atoms with E-state index in [4.69, 9.17) is 9.47 Å². The maximum Gasteiger partial charge on any atom is 0.408 e. The van der Waals surface area contributed by atoms with E-state index in [1.165, 1.54) is 10.8 Å². The second-order valence-corrected chi connectivity index (χ2v) is 8.20. The van der Waals surface area contributed by atoms with Gasteiger partial charge in [-0.05, 0) is 46.1 Å². The fourth-order valence-electron chi connectivity index (χ4n) is 2.78. The Morgan fingerprint density at radius 2 is 1.84 bits per heavy atom. The maximum atomic E-state index is 12.6. The Balaban J connectivity index is 2.03. The largest absolute Gasteiger partial charge is 0.459 e. The van der Waals surface area contributed by atoms with Crippen molar-refractivity contribution in [2.24, 2.45) is 0 Å². The standard InChI is InChI=1S/C22H29N3O6/c1-15-13-25(20(28)24-18(15)26)12-8-11-17(23-21(29)31-22(2,3)4)19(27)30-14-16-9-6-5-7-10-16/h5-7,9-10,13,17H,8,11-12,14H2,1-4H3,(H,23,29)(H,24,26,28)/t17-/m1/s1. The number of hydrogen-bond acceptors (Lipinski definition) is 6. The molecule has 2 aromatic rings. The molecule has 0 aliphatic rings. The zero-order valence-electron chi connectivity index (χ0n) is 18.3. The summed E-state index contributed by atoms with van der Waals surface area (Å²) >= 11 is 0. The van der Waals surface area contributed by atoms with E-state index in [0.29, 0.717) is 12.0 Å². The third-order valence-electron chi connectivity index (χ3n) is 4.28. The first-order valence-corrected chi connectivity index (χ1v) is 10.1. The molecule has 0 spiro atoms. The summed E-state index contributed by atoms with van der Waals surface area (Å²) in [5.74, 6) is -0.597. The molecule has 1 atom stereocenters. The smallest absolute Gasteiger partial charge is 0.408 e. The number of esters is 1. The molecule has 31 heavy (non-hydrogen) atoms. The van der Waals surface area contributed by atoms with Gasteiger partial charge in [0.15, 0.2) is 0 Å². The number of alkyl carbamates (subject to hydrolysis) is 1. The molecule has 0 aliphatic carbocycles. The van der Waals surface area contributed by atoms with Crippen molar-refractivity contribution in [1.82, 2.24) is 14.9 Å². The van der Waals surface area contributed by atoms with Gasteiger partial charge in [-0.1, -0.05) is 30.3 Å². The van der Waals surface area contributed by atoms with Gasteiger partial charge in [-0.3, -0.25) is 9.78 Å². The molecular weight excluding hydrogens is 402 g/mol. The third-order valence-corrected chi connectivity index (χ3v) is 4.28. The lowest BCUT2D eigenvalue weighted by atomic mass is 10.1. The Hall–Kier alpha value is -3.36. The zero-order valence-corrected chi connectivity index (χ0v) is 18.3. The minimum Gasteiger partial charge on any atom is -0.459 e. The van der Waals surface area contributed by atoms with Crippen molar-refractivity contribution < 1.29 is 19.1 Å². The number of rotatable bonds is 8. The second kappa shape index (κ2) is 10.6. The predicted octanol–water partition coefficient (Wildman–Crippen LogP) is 2.26. The first-order chi connectivity index (χ1) is 14.5. The Kier molecular flexibility index (Phi) is 8.18. The van der Waals surface area contributed by atoms with Crippen molar-refractivity contribution in [1.29, 1.82) is 0 Å². The number of carbonyl (C=O) groups excluding carboxylic acids is 2. The predicted molar refractivity (Wildman–Crippen MR) is 115 cm³/mol. The Morgan fingerprint density at radius 1 is 1.16 bits per heavy atom. The van der Waals surface area contributed by atoms with Crippen LogP contribution in [-0.2, 0) is 27.4 Å². The van der Waals surface area contributed by atoms with Crippen LogP contribution in [0, 0.1) is 6.92 Å². The van der Waals surface area contributed by atoms with Crippen LogP contribution in [0.1, 0.15) is 44.7 Å². The Labute approximate surface area is 180 Å². The molecule has 1 amide bonds. The average molecular weight is 431 g/mol. The van der Waals surface area contributed by atoms with Gasteiger partial charge in [0.1, 0.15) is 18.2 Å². The van der Waals surface area contributed by atoms with Crippen molar-refractivity contribution in [3.8, 4) is 0 Å². The topological polar surface area (TPSA) is 119 Å². The summed E-state index contributed by atoms with van der Waals surface area (Å²) < 4.78 is 12.0. The van der Waals surface area contributed by atoms with Crippen molar-refractivity contribution in [2.45, 2.75) is 65.3 Å². The number of hydrogen-bond donors (Lipinski definition) is 2. The lowest BCUT2D eigenvalue weighted by Gasteiger charge is -2.23. The number of carbonyl (C=O) groups is 2. The van der Waals surface area contributed by atoms with E-state index in [1.807, 2.05) is 30.3 Å². The Morgan fingerprint density at radius 3 is 2.48 bits per heavy atom. The first-order valence-electron chi connectivity index (χ1n) is 10.1. The van der Waals surface area contributed by atoms with Gasteiger partial charge in [0.25, 0.3) is 5.56 Å². The molecule has 2 rings (SSSR count). The molecule has 0 radical (unpaired) electrons. The number of nitrogens with zero attached hydrogens (tertiary/aromatic N) is 1. The lowest BCUT2D eigenvalue weighted by molar-refractivity contribution is -0.147. The van der Waals surface area contributed by atoms with Crippen LogP contribution in [0.3, 0.4) is 0 Å². The van der Waals surface area contributed by atoms with Crippen molar-refractivity contribution >= 4 is 12.1 Å². The van der Waals surface area contributed by atoms with Gasteiger partial charge in [0.05, 0.1) is 0 Å². The summed E-state index contributed by atoms with van der Waals surface area (Å²) in [5, 5.41) is 2.55. The van der Waals surface area contributed by atoms with E-state index in [0.717, 1.165) is 5.56 Å². The minimum absolute atomic E-state index is 0.0742. The molecule has 0 saturated carbocycles. The van der Waals surface area contributed by atoms with E-state index >= 15 is 0 Å². The molecule has 9 heteroatoms. The second-order valence-electron chi connectivity index (χ2n) is 8.20. The van der Waals surface area contributed by atoms with Crippen LogP contribution in [0.25, 0.3) is 0 Å². The maximum absolute atomic E-state index is 12.6. The lowest BCUT2D eigenvalue weighted by Crippen LogP contribution is -2.44. The summed E-state index contributed by atoms with van der Waals surface area (Å²) in [6.45, 7) is 7.10. The summed E-state index contributed by atoms with van der Waals surface area (Å²) in [5.41, 5.74) is -0.454. The molecule has 2 N–H and O–H groups in total. The van der Waals surface area contributed by atoms with Crippen LogP contribution in [0.15, 0.2) is 46.1 Å². The number of ether oxygens (including phenoxy) is 2. The third kappa shape index (κ3) is 8.12. The monoisotopic (exact) mass is 431 g/mol. The molecule has 0 saturated heterocycles. The molecule has 0 unspecified atom stereocenters. The molecule has 0 fully saturated rings. The number of H-pyrrole nitrogens is 1. The van der Waals surface area contributed by atoms with Crippen LogP contribution in [0.2, 0.25) is 0 Å². The van der Waals surface area contributed by atoms with Crippen molar-refractivity contribution in [3.05, 3.63) is 68.5 Å². The van der Waals surface area contributed by atoms with Gasteiger partial charge < -0.3 is 19.4 Å². The molecule has 9 nitrogen and oxygen atoms in total. The summed E-state index contributed by atoms with van der Waals surface area (Å²) in [4.78, 5) is 50.5. The van der Waals surface area contributed by atoms with Gasteiger partial charge in [-0.15, -0.1) is 0 Å². The fraction of sp³-hybridized carbons (Fsp3) is 0.455.